The molecule has 0 saturated heterocycles. The molecule has 0 aliphatic heterocycles. The molecule has 50 valence electrons. The monoisotopic (exact) mass is 227 g/mol. The Hall–Kier alpha value is 0.690. The third-order valence-corrected chi connectivity index (χ3v) is 2.26. The van der Waals surface area contributed by atoms with Gasteiger partial charge in [-0.2, -0.15) is 0 Å². The van der Waals surface area contributed by atoms with Crippen molar-refractivity contribution < 1.29 is 0 Å². The summed E-state index contributed by atoms with van der Waals surface area (Å²) in [6, 6.07) is 0. The summed E-state index contributed by atoms with van der Waals surface area (Å²) in [7, 11) is 0. The second kappa shape index (κ2) is 5.82. The van der Waals surface area contributed by atoms with E-state index < -0.39 is 0 Å². The topological polar surface area (TPSA) is 26.0 Å². The predicted octanol–water partition coefficient (Wildman–Crippen LogP) is 1.94. The zero-order valence-corrected chi connectivity index (χ0v) is 7.52. The minimum atomic E-state index is 0.701. The van der Waals surface area contributed by atoms with Crippen LogP contribution >= 0.6 is 22.6 Å². The van der Waals surface area contributed by atoms with Crippen molar-refractivity contribution in [2.45, 2.75) is 30.1 Å². The van der Waals surface area contributed by atoms with Gasteiger partial charge in [0.15, 0.2) is 0 Å². The van der Waals surface area contributed by atoms with Crippen molar-refractivity contribution in [2.75, 3.05) is 6.54 Å². The summed E-state index contributed by atoms with van der Waals surface area (Å²) in [6.07, 6.45) is 3.90. The lowest BCUT2D eigenvalue weighted by Crippen LogP contribution is -2.12. The van der Waals surface area contributed by atoms with Gasteiger partial charge in [0, 0.05) is 10.5 Å². The van der Waals surface area contributed by atoms with E-state index in [0.717, 1.165) is 6.54 Å². The Morgan fingerprint density at radius 2 is 2.25 bits per heavy atom. The van der Waals surface area contributed by atoms with E-state index in [0.29, 0.717) is 3.92 Å². The highest BCUT2D eigenvalue weighted by atomic mass is 127. The minimum absolute atomic E-state index is 0.701. The highest BCUT2D eigenvalue weighted by Crippen LogP contribution is 2.07. The molecule has 0 aliphatic rings. The molecule has 0 aromatic rings. The van der Waals surface area contributed by atoms with E-state index in [1.807, 2.05) is 0 Å². The van der Waals surface area contributed by atoms with Gasteiger partial charge in [-0.15, -0.1) is 0 Å². The van der Waals surface area contributed by atoms with Crippen LogP contribution in [-0.4, -0.2) is 10.5 Å². The largest absolute Gasteiger partial charge is 0.329 e. The zero-order chi connectivity index (χ0) is 6.41. The molecular formula is C6H14IN. The standard InChI is InChI=1S/C6H14IN/c1-2-3-4-6(7)5-8/h6H,2-5,8H2,1H3/t6-/m1/s1. The minimum Gasteiger partial charge on any atom is -0.329 e. The van der Waals surface area contributed by atoms with Crippen LogP contribution in [0.3, 0.4) is 0 Å². The van der Waals surface area contributed by atoms with Gasteiger partial charge in [-0.1, -0.05) is 42.4 Å². The number of unbranched alkanes of at least 4 members (excludes halogenated alkanes) is 1. The van der Waals surface area contributed by atoms with E-state index in [2.05, 4.69) is 29.5 Å². The molecule has 0 aromatic carbocycles. The lowest BCUT2D eigenvalue weighted by Gasteiger charge is -2.02. The fourth-order valence-electron chi connectivity index (χ4n) is 0.543. The van der Waals surface area contributed by atoms with Gasteiger partial charge in [0.05, 0.1) is 0 Å². The third-order valence-electron chi connectivity index (χ3n) is 1.13. The molecule has 0 aromatic heterocycles. The highest BCUT2D eigenvalue weighted by Gasteiger charge is 1.96. The Kier molecular flexibility index (Phi) is 6.32. The lowest BCUT2D eigenvalue weighted by molar-refractivity contribution is 0.702. The van der Waals surface area contributed by atoms with Crippen LogP contribution in [0.1, 0.15) is 26.2 Å². The molecule has 0 bridgehead atoms. The summed E-state index contributed by atoms with van der Waals surface area (Å²) >= 11 is 2.40. The van der Waals surface area contributed by atoms with Gasteiger partial charge in [-0.05, 0) is 6.42 Å². The van der Waals surface area contributed by atoms with Gasteiger partial charge in [-0.25, -0.2) is 0 Å². The van der Waals surface area contributed by atoms with E-state index in [-0.39, 0.29) is 0 Å². The quantitative estimate of drug-likeness (QED) is 0.576. The van der Waals surface area contributed by atoms with E-state index in [1.54, 1.807) is 0 Å². The number of hydrogen-bond donors (Lipinski definition) is 1. The molecule has 0 aliphatic carbocycles. The summed E-state index contributed by atoms with van der Waals surface area (Å²) in [5.41, 5.74) is 5.41. The van der Waals surface area contributed by atoms with E-state index in [9.17, 15) is 0 Å². The second-order valence-corrected chi connectivity index (χ2v) is 3.74. The molecule has 2 N–H and O–H groups in total. The fourth-order valence-corrected chi connectivity index (χ4v) is 0.984. The molecule has 0 spiro atoms. The molecule has 1 nitrogen and oxygen atoms in total. The SMILES string of the molecule is CCCC[C@@H](I)CN. The fraction of sp³-hybridized carbons (Fsp3) is 1.00. The van der Waals surface area contributed by atoms with Crippen molar-refractivity contribution in [2.24, 2.45) is 5.73 Å². The van der Waals surface area contributed by atoms with Gasteiger partial charge in [0.2, 0.25) is 0 Å². The van der Waals surface area contributed by atoms with Gasteiger partial charge >= 0.3 is 0 Å². The maximum Gasteiger partial charge on any atom is 0.0232 e. The Balaban J connectivity index is 2.86. The number of alkyl halides is 1. The summed E-state index contributed by atoms with van der Waals surface area (Å²) in [5, 5.41) is 0. The van der Waals surface area contributed by atoms with E-state index in [4.69, 9.17) is 5.73 Å². The molecule has 8 heavy (non-hydrogen) atoms. The Labute approximate surface area is 65.2 Å². The van der Waals surface area contributed by atoms with Gasteiger partial charge in [-0.3, -0.25) is 0 Å². The first-order valence-corrected chi connectivity index (χ1v) is 4.40. The maximum atomic E-state index is 5.41. The predicted molar refractivity (Wildman–Crippen MR) is 46.4 cm³/mol. The molecule has 0 radical (unpaired) electrons. The van der Waals surface area contributed by atoms with Crippen molar-refractivity contribution in [3.63, 3.8) is 0 Å². The van der Waals surface area contributed by atoms with Crippen LogP contribution in [0.25, 0.3) is 0 Å². The molecule has 0 saturated carbocycles. The third kappa shape index (κ3) is 4.84. The second-order valence-electron chi connectivity index (χ2n) is 1.98. The number of nitrogens with two attached hydrogens (primary N) is 1. The van der Waals surface area contributed by atoms with Crippen LogP contribution in [0.15, 0.2) is 0 Å². The van der Waals surface area contributed by atoms with Crippen LogP contribution in [0.5, 0.6) is 0 Å². The van der Waals surface area contributed by atoms with E-state index >= 15 is 0 Å². The molecule has 0 fully saturated rings. The van der Waals surface area contributed by atoms with Gasteiger partial charge in [0.1, 0.15) is 0 Å². The van der Waals surface area contributed by atoms with Crippen LogP contribution in [0.2, 0.25) is 0 Å². The summed E-state index contributed by atoms with van der Waals surface area (Å²) < 4.78 is 0.701. The molecular weight excluding hydrogens is 213 g/mol. The van der Waals surface area contributed by atoms with Crippen LogP contribution in [0.4, 0.5) is 0 Å². The first-order valence-electron chi connectivity index (χ1n) is 3.15. The van der Waals surface area contributed by atoms with Gasteiger partial charge in [0.25, 0.3) is 0 Å². The van der Waals surface area contributed by atoms with Crippen molar-refractivity contribution in [3.8, 4) is 0 Å². The average molecular weight is 227 g/mol. The molecule has 2 heteroatoms. The zero-order valence-electron chi connectivity index (χ0n) is 5.36. The maximum absolute atomic E-state index is 5.41. The van der Waals surface area contributed by atoms with Crippen LogP contribution in [0, 0.1) is 0 Å². The lowest BCUT2D eigenvalue weighted by atomic mass is 10.2. The molecule has 1 atom stereocenters. The molecule has 0 heterocycles. The van der Waals surface area contributed by atoms with E-state index in [1.165, 1.54) is 19.3 Å². The van der Waals surface area contributed by atoms with Crippen molar-refractivity contribution >= 4 is 22.6 Å². The van der Waals surface area contributed by atoms with Crippen molar-refractivity contribution in [1.29, 1.82) is 0 Å². The smallest absolute Gasteiger partial charge is 0.0232 e. The number of rotatable bonds is 4. The first-order chi connectivity index (χ1) is 3.81. The molecule has 0 rings (SSSR count). The number of hydrogen-bond acceptors (Lipinski definition) is 1. The Bertz CT molecular complexity index is 47.8. The molecule has 0 unspecified atom stereocenters. The summed E-state index contributed by atoms with van der Waals surface area (Å²) in [4.78, 5) is 0. The Morgan fingerprint density at radius 1 is 1.62 bits per heavy atom. The Morgan fingerprint density at radius 3 is 2.62 bits per heavy atom. The first kappa shape index (κ1) is 8.69. The summed E-state index contributed by atoms with van der Waals surface area (Å²) in [5.74, 6) is 0. The van der Waals surface area contributed by atoms with Crippen molar-refractivity contribution in [3.05, 3.63) is 0 Å². The highest BCUT2D eigenvalue weighted by molar-refractivity contribution is 14.1. The molecule has 0 amide bonds. The van der Waals surface area contributed by atoms with Crippen molar-refractivity contribution in [1.82, 2.24) is 0 Å². The van der Waals surface area contributed by atoms with Crippen LogP contribution in [-0.2, 0) is 0 Å². The summed E-state index contributed by atoms with van der Waals surface area (Å²) in [6.45, 7) is 3.04. The van der Waals surface area contributed by atoms with Crippen LogP contribution < -0.4 is 5.73 Å². The number of halogens is 1. The normalized spacial score (nSPS) is 13.9. The van der Waals surface area contributed by atoms with Gasteiger partial charge < -0.3 is 5.73 Å². The average Bonchev–Trinajstić information content (AvgIpc) is 1.83.